The lowest BCUT2D eigenvalue weighted by atomic mass is 10.2. The van der Waals surface area contributed by atoms with Crippen LogP contribution in [0.2, 0.25) is 0 Å². The van der Waals surface area contributed by atoms with Crippen LogP contribution < -0.4 is 24.8 Å². The number of benzene rings is 2. The van der Waals surface area contributed by atoms with E-state index in [4.69, 9.17) is 14.2 Å². The van der Waals surface area contributed by atoms with Crippen molar-refractivity contribution < 1.29 is 19.0 Å². The summed E-state index contributed by atoms with van der Waals surface area (Å²) in [5.74, 6) is 2.10. The molecule has 0 radical (unpaired) electrons. The molecule has 0 aliphatic rings. The Labute approximate surface area is 168 Å². The number of aromatic nitrogens is 2. The Morgan fingerprint density at radius 3 is 2.21 bits per heavy atom. The molecule has 29 heavy (non-hydrogen) atoms. The van der Waals surface area contributed by atoms with Crippen LogP contribution in [-0.4, -0.2) is 37.2 Å². The summed E-state index contributed by atoms with van der Waals surface area (Å²) in [5.41, 5.74) is 2.07. The minimum Gasteiger partial charge on any atom is -0.497 e. The average molecular weight is 394 g/mol. The average Bonchev–Trinajstić information content (AvgIpc) is 2.78. The molecule has 1 amide bonds. The van der Waals surface area contributed by atoms with Gasteiger partial charge in [-0.15, -0.1) is 0 Å². The molecule has 0 saturated carbocycles. The largest absolute Gasteiger partial charge is 0.497 e. The second kappa shape index (κ2) is 9.41. The monoisotopic (exact) mass is 394 g/mol. The summed E-state index contributed by atoms with van der Waals surface area (Å²) in [4.78, 5) is 20.7. The summed E-state index contributed by atoms with van der Waals surface area (Å²) >= 11 is 0. The topological polar surface area (TPSA) is 94.6 Å². The predicted octanol–water partition coefficient (Wildman–Crippen LogP) is 3.18. The second-order valence-electron chi connectivity index (χ2n) is 6.02. The summed E-state index contributed by atoms with van der Waals surface area (Å²) in [6, 6.07) is 12.9. The van der Waals surface area contributed by atoms with Gasteiger partial charge in [0.25, 0.3) is 5.91 Å². The number of methoxy groups -OCH3 is 3. The molecule has 0 fully saturated rings. The maximum atomic E-state index is 12.3. The lowest BCUT2D eigenvalue weighted by Crippen LogP contribution is -2.23. The van der Waals surface area contributed by atoms with Crippen molar-refractivity contribution in [3.8, 4) is 17.2 Å². The van der Waals surface area contributed by atoms with Crippen molar-refractivity contribution >= 4 is 17.5 Å². The van der Waals surface area contributed by atoms with Gasteiger partial charge in [0.15, 0.2) is 11.5 Å². The molecule has 0 bridgehead atoms. The van der Waals surface area contributed by atoms with Crippen LogP contribution in [-0.2, 0) is 6.54 Å². The molecule has 8 heteroatoms. The lowest BCUT2D eigenvalue weighted by molar-refractivity contribution is 0.0950. The first kappa shape index (κ1) is 19.9. The molecule has 3 aromatic rings. The summed E-state index contributed by atoms with van der Waals surface area (Å²) in [6.45, 7) is 0.397. The first-order valence-corrected chi connectivity index (χ1v) is 8.85. The Balaban J connectivity index is 1.59. The van der Waals surface area contributed by atoms with Gasteiger partial charge in [0, 0.05) is 30.7 Å². The van der Waals surface area contributed by atoms with Crippen molar-refractivity contribution in [1.29, 1.82) is 0 Å². The Morgan fingerprint density at radius 2 is 1.59 bits per heavy atom. The zero-order chi connectivity index (χ0) is 20.6. The third kappa shape index (κ3) is 5.13. The van der Waals surface area contributed by atoms with E-state index in [1.54, 1.807) is 33.5 Å². The van der Waals surface area contributed by atoms with Crippen molar-refractivity contribution in [2.45, 2.75) is 6.54 Å². The minimum atomic E-state index is -0.251. The van der Waals surface area contributed by atoms with Crippen LogP contribution in [0.3, 0.4) is 0 Å². The van der Waals surface area contributed by atoms with Crippen molar-refractivity contribution in [3.63, 3.8) is 0 Å². The van der Waals surface area contributed by atoms with Gasteiger partial charge in [0.1, 0.15) is 5.75 Å². The zero-order valence-corrected chi connectivity index (χ0v) is 16.4. The lowest BCUT2D eigenvalue weighted by Gasteiger charge is -2.10. The van der Waals surface area contributed by atoms with Crippen LogP contribution in [0.5, 0.6) is 17.2 Å². The smallest absolute Gasteiger partial charge is 0.254 e. The van der Waals surface area contributed by atoms with Crippen molar-refractivity contribution in [2.75, 3.05) is 26.6 Å². The molecule has 0 unspecified atom stereocenters. The first-order valence-electron chi connectivity index (χ1n) is 8.85. The maximum absolute atomic E-state index is 12.3. The van der Waals surface area contributed by atoms with Gasteiger partial charge < -0.3 is 24.8 Å². The number of ether oxygens (including phenoxy) is 3. The van der Waals surface area contributed by atoms with E-state index in [2.05, 4.69) is 20.6 Å². The van der Waals surface area contributed by atoms with Gasteiger partial charge in [-0.25, -0.2) is 9.97 Å². The van der Waals surface area contributed by atoms with Gasteiger partial charge in [-0.1, -0.05) is 12.1 Å². The molecular weight excluding hydrogens is 372 g/mol. The standard InChI is InChI=1S/C21H22N4O4/c1-27-17-7-4-14(5-8-17)11-22-20(26)15-12-23-21(24-13-15)25-16-6-9-18(28-2)19(10-16)29-3/h4-10,12-13H,11H2,1-3H3,(H,22,26)(H,23,24,25). The second-order valence-corrected chi connectivity index (χ2v) is 6.02. The van der Waals surface area contributed by atoms with Crippen LogP contribution in [0.25, 0.3) is 0 Å². The number of nitrogens with one attached hydrogen (secondary N) is 2. The third-order valence-electron chi connectivity index (χ3n) is 4.17. The Hall–Kier alpha value is -3.81. The molecule has 1 aromatic heterocycles. The normalized spacial score (nSPS) is 10.2. The Morgan fingerprint density at radius 1 is 0.897 bits per heavy atom. The van der Waals surface area contributed by atoms with E-state index < -0.39 is 0 Å². The highest BCUT2D eigenvalue weighted by Gasteiger charge is 2.09. The summed E-state index contributed by atoms with van der Waals surface area (Å²) in [7, 11) is 4.75. The molecule has 150 valence electrons. The Kier molecular flexibility index (Phi) is 6.47. The highest BCUT2D eigenvalue weighted by atomic mass is 16.5. The fraction of sp³-hybridized carbons (Fsp3) is 0.190. The van der Waals surface area contributed by atoms with Gasteiger partial charge in [-0.2, -0.15) is 0 Å². The van der Waals surface area contributed by atoms with Crippen LogP contribution in [0.15, 0.2) is 54.9 Å². The van der Waals surface area contributed by atoms with Gasteiger partial charge in [0.05, 0.1) is 26.9 Å². The number of anilines is 2. The number of hydrogen-bond acceptors (Lipinski definition) is 7. The maximum Gasteiger partial charge on any atom is 0.254 e. The summed E-state index contributed by atoms with van der Waals surface area (Å²) in [5, 5.41) is 5.90. The highest BCUT2D eigenvalue weighted by molar-refractivity contribution is 5.93. The fourth-order valence-electron chi connectivity index (χ4n) is 2.58. The van der Waals surface area contributed by atoms with E-state index in [9.17, 15) is 4.79 Å². The SMILES string of the molecule is COc1ccc(CNC(=O)c2cnc(Nc3ccc(OC)c(OC)c3)nc2)cc1. The quantitative estimate of drug-likeness (QED) is 0.606. The summed E-state index contributed by atoms with van der Waals surface area (Å²) < 4.78 is 15.6. The van der Waals surface area contributed by atoms with E-state index in [1.807, 2.05) is 30.3 Å². The molecule has 2 N–H and O–H groups in total. The Bertz CT molecular complexity index is 959. The van der Waals surface area contributed by atoms with Gasteiger partial charge in [-0.3, -0.25) is 4.79 Å². The number of carbonyl (C=O) groups excluding carboxylic acids is 1. The predicted molar refractivity (Wildman–Crippen MR) is 109 cm³/mol. The fourth-order valence-corrected chi connectivity index (χ4v) is 2.58. The van der Waals surface area contributed by atoms with Crippen LogP contribution >= 0.6 is 0 Å². The molecule has 0 saturated heterocycles. The molecule has 0 atom stereocenters. The molecule has 3 rings (SSSR count). The minimum absolute atomic E-state index is 0.251. The number of rotatable bonds is 8. The molecule has 0 spiro atoms. The van der Waals surface area contributed by atoms with Crippen LogP contribution in [0, 0.1) is 0 Å². The van der Waals surface area contributed by atoms with Crippen molar-refractivity contribution in [2.24, 2.45) is 0 Å². The first-order chi connectivity index (χ1) is 14.1. The van der Waals surface area contributed by atoms with Crippen molar-refractivity contribution in [1.82, 2.24) is 15.3 Å². The van der Waals surface area contributed by atoms with E-state index >= 15 is 0 Å². The molecule has 0 aliphatic heterocycles. The molecular formula is C21H22N4O4. The van der Waals surface area contributed by atoms with Gasteiger partial charge in [0.2, 0.25) is 5.95 Å². The van der Waals surface area contributed by atoms with E-state index in [-0.39, 0.29) is 5.91 Å². The van der Waals surface area contributed by atoms with Crippen LogP contribution in [0.4, 0.5) is 11.6 Å². The molecule has 8 nitrogen and oxygen atoms in total. The summed E-state index contributed by atoms with van der Waals surface area (Å²) in [6.07, 6.45) is 2.94. The van der Waals surface area contributed by atoms with E-state index in [0.29, 0.717) is 29.6 Å². The number of carbonyl (C=O) groups is 1. The third-order valence-corrected chi connectivity index (χ3v) is 4.17. The zero-order valence-electron chi connectivity index (χ0n) is 16.4. The van der Waals surface area contributed by atoms with Crippen molar-refractivity contribution in [3.05, 3.63) is 66.0 Å². The number of hydrogen-bond donors (Lipinski definition) is 2. The van der Waals surface area contributed by atoms with Gasteiger partial charge in [-0.05, 0) is 29.8 Å². The van der Waals surface area contributed by atoms with E-state index in [0.717, 1.165) is 17.0 Å². The number of amides is 1. The van der Waals surface area contributed by atoms with Crippen LogP contribution in [0.1, 0.15) is 15.9 Å². The molecule has 1 heterocycles. The van der Waals surface area contributed by atoms with Gasteiger partial charge >= 0.3 is 0 Å². The highest BCUT2D eigenvalue weighted by Crippen LogP contribution is 2.30. The van der Waals surface area contributed by atoms with E-state index in [1.165, 1.54) is 12.4 Å². The molecule has 2 aromatic carbocycles. The molecule has 0 aliphatic carbocycles. The number of nitrogens with zero attached hydrogens (tertiary/aromatic N) is 2.